The van der Waals surface area contributed by atoms with Crippen molar-refractivity contribution in [1.82, 2.24) is 25.1 Å². The van der Waals surface area contributed by atoms with Gasteiger partial charge in [-0.25, -0.2) is 4.68 Å². The molecule has 4 aromatic rings. The van der Waals surface area contributed by atoms with Gasteiger partial charge >= 0.3 is 0 Å². The van der Waals surface area contributed by atoms with Crippen LogP contribution in [0.3, 0.4) is 0 Å². The van der Waals surface area contributed by atoms with Crippen molar-refractivity contribution >= 4 is 23.3 Å². The minimum absolute atomic E-state index is 0.188. The number of hydrogen-bond acceptors (Lipinski definition) is 4. The highest BCUT2D eigenvalue weighted by molar-refractivity contribution is 6.30. The van der Waals surface area contributed by atoms with Crippen LogP contribution in [-0.4, -0.2) is 32.7 Å². The molecule has 0 atom stereocenters. The normalized spacial score (nSPS) is 11.4. The molecule has 170 valence electrons. The van der Waals surface area contributed by atoms with E-state index in [1.54, 1.807) is 12.4 Å². The average Bonchev–Trinajstić information content (AvgIpc) is 3.43. The van der Waals surface area contributed by atoms with Crippen LogP contribution in [0.4, 0.5) is 5.82 Å². The lowest BCUT2D eigenvalue weighted by Crippen LogP contribution is -2.24. The smallest absolute Gasteiger partial charge is 0.267 e. The summed E-state index contributed by atoms with van der Waals surface area (Å²) >= 11 is 6.31. The van der Waals surface area contributed by atoms with E-state index in [1.807, 2.05) is 60.4 Å². The van der Waals surface area contributed by atoms with E-state index < -0.39 is 0 Å². The Balaban J connectivity index is 1.72. The molecule has 0 unspecified atom stereocenters. The molecule has 4 rings (SSSR count). The predicted octanol–water partition coefficient (Wildman–Crippen LogP) is 5.32. The number of pyridine rings is 1. The first-order valence-electron chi connectivity index (χ1n) is 10.7. The number of amides is 1. The number of halogens is 1. The molecule has 3 N–H and O–H groups in total. The first kappa shape index (κ1) is 22.6. The molecule has 0 spiro atoms. The Hall–Kier alpha value is -3.58. The molecule has 0 bridgehead atoms. The Morgan fingerprint density at radius 2 is 1.88 bits per heavy atom. The molecule has 0 aliphatic carbocycles. The number of H-pyrrole nitrogens is 1. The van der Waals surface area contributed by atoms with E-state index in [2.05, 4.69) is 41.4 Å². The minimum atomic E-state index is -0.259. The first-order valence-corrected chi connectivity index (χ1v) is 11.1. The van der Waals surface area contributed by atoms with Crippen LogP contribution in [0.15, 0.2) is 61.1 Å². The van der Waals surface area contributed by atoms with Crippen molar-refractivity contribution in [2.75, 3.05) is 12.4 Å². The molecular weight excluding hydrogens is 436 g/mol. The van der Waals surface area contributed by atoms with Crippen molar-refractivity contribution < 1.29 is 4.79 Å². The zero-order valence-electron chi connectivity index (χ0n) is 19.1. The molecule has 3 aromatic heterocycles. The molecule has 1 aromatic carbocycles. The number of nitrogens with one attached hydrogen (secondary N) is 3. The highest BCUT2D eigenvalue weighted by atomic mass is 35.5. The van der Waals surface area contributed by atoms with Crippen molar-refractivity contribution in [1.29, 1.82) is 0 Å². The van der Waals surface area contributed by atoms with Gasteiger partial charge in [-0.2, -0.15) is 5.10 Å². The Morgan fingerprint density at radius 3 is 2.55 bits per heavy atom. The number of benzene rings is 1. The van der Waals surface area contributed by atoms with Gasteiger partial charge in [-0.05, 0) is 62.2 Å². The summed E-state index contributed by atoms with van der Waals surface area (Å²) in [6.07, 6.45) is 5.22. The van der Waals surface area contributed by atoms with E-state index in [0.717, 1.165) is 33.8 Å². The lowest BCUT2D eigenvalue weighted by atomic mass is 10.0. The summed E-state index contributed by atoms with van der Waals surface area (Å²) in [6.45, 7) is 6.72. The second-order valence-corrected chi connectivity index (χ2v) is 9.19. The molecule has 0 saturated heterocycles. The van der Waals surface area contributed by atoms with E-state index in [9.17, 15) is 4.79 Å². The SMILES string of the molecule is CNc1c(-c2cccc(Cl)c2)c(-c2c[nH]c(C(=O)NCc3ccncc3)c2)nn1C(C)(C)C. The van der Waals surface area contributed by atoms with Crippen LogP contribution in [0.25, 0.3) is 22.4 Å². The van der Waals surface area contributed by atoms with Crippen LogP contribution in [-0.2, 0) is 12.1 Å². The number of anilines is 1. The summed E-state index contributed by atoms with van der Waals surface area (Å²) in [5.74, 6) is 0.691. The quantitative estimate of drug-likeness (QED) is 0.362. The largest absolute Gasteiger partial charge is 0.373 e. The van der Waals surface area contributed by atoms with Crippen molar-refractivity contribution in [3.05, 3.63) is 77.3 Å². The predicted molar refractivity (Wildman–Crippen MR) is 132 cm³/mol. The van der Waals surface area contributed by atoms with Crippen LogP contribution in [0.1, 0.15) is 36.8 Å². The number of carbonyl (C=O) groups is 1. The molecule has 33 heavy (non-hydrogen) atoms. The second kappa shape index (κ2) is 9.11. The van der Waals surface area contributed by atoms with Crippen LogP contribution < -0.4 is 10.6 Å². The fourth-order valence-electron chi connectivity index (χ4n) is 3.69. The van der Waals surface area contributed by atoms with E-state index in [-0.39, 0.29) is 11.4 Å². The summed E-state index contributed by atoms with van der Waals surface area (Å²) in [5, 5.41) is 11.8. The topological polar surface area (TPSA) is 87.6 Å². The zero-order chi connectivity index (χ0) is 23.6. The van der Waals surface area contributed by atoms with Gasteiger partial charge in [-0.15, -0.1) is 0 Å². The Morgan fingerprint density at radius 1 is 1.12 bits per heavy atom. The summed E-state index contributed by atoms with van der Waals surface area (Å²) in [4.78, 5) is 19.8. The lowest BCUT2D eigenvalue weighted by Gasteiger charge is -2.22. The number of nitrogens with zero attached hydrogens (tertiary/aromatic N) is 3. The zero-order valence-corrected chi connectivity index (χ0v) is 19.9. The summed E-state index contributed by atoms with van der Waals surface area (Å²) < 4.78 is 1.97. The molecule has 0 radical (unpaired) electrons. The number of rotatable bonds is 6. The van der Waals surface area contributed by atoms with Crippen molar-refractivity contribution in [2.45, 2.75) is 32.9 Å². The first-order chi connectivity index (χ1) is 15.8. The number of hydrogen-bond donors (Lipinski definition) is 3. The molecule has 8 heteroatoms. The third-order valence-electron chi connectivity index (χ3n) is 5.27. The highest BCUT2D eigenvalue weighted by Gasteiger charge is 2.27. The van der Waals surface area contributed by atoms with E-state index in [1.165, 1.54) is 0 Å². The summed E-state index contributed by atoms with van der Waals surface area (Å²) in [5.41, 5.74) is 4.65. The monoisotopic (exact) mass is 462 g/mol. The molecule has 0 saturated carbocycles. The van der Waals surface area contributed by atoms with Gasteiger partial charge in [0, 0.05) is 42.8 Å². The van der Waals surface area contributed by atoms with Crippen LogP contribution >= 0.6 is 11.6 Å². The summed E-state index contributed by atoms with van der Waals surface area (Å²) in [7, 11) is 1.88. The molecule has 7 nitrogen and oxygen atoms in total. The maximum Gasteiger partial charge on any atom is 0.267 e. The van der Waals surface area contributed by atoms with E-state index in [0.29, 0.717) is 17.3 Å². The van der Waals surface area contributed by atoms with Gasteiger partial charge in [0.2, 0.25) is 0 Å². The third-order valence-corrected chi connectivity index (χ3v) is 5.51. The summed E-state index contributed by atoms with van der Waals surface area (Å²) in [6, 6.07) is 13.3. The van der Waals surface area contributed by atoms with Gasteiger partial charge in [-0.1, -0.05) is 23.7 Å². The Bertz CT molecular complexity index is 1270. The Labute approximate surface area is 198 Å². The molecule has 0 aliphatic rings. The van der Waals surface area contributed by atoms with Crippen molar-refractivity contribution in [3.8, 4) is 22.4 Å². The van der Waals surface area contributed by atoms with E-state index in [4.69, 9.17) is 16.7 Å². The van der Waals surface area contributed by atoms with Crippen LogP contribution in [0.2, 0.25) is 5.02 Å². The second-order valence-electron chi connectivity index (χ2n) is 8.76. The third kappa shape index (κ3) is 4.78. The molecule has 0 fully saturated rings. The Kier molecular flexibility index (Phi) is 6.24. The van der Waals surface area contributed by atoms with Gasteiger partial charge in [0.05, 0.1) is 11.1 Å². The van der Waals surface area contributed by atoms with E-state index >= 15 is 0 Å². The van der Waals surface area contributed by atoms with Crippen molar-refractivity contribution in [3.63, 3.8) is 0 Å². The average molecular weight is 463 g/mol. The number of aromatic amines is 1. The van der Waals surface area contributed by atoms with Gasteiger partial charge in [0.1, 0.15) is 17.2 Å². The fourth-order valence-corrected chi connectivity index (χ4v) is 3.88. The highest BCUT2D eigenvalue weighted by Crippen LogP contribution is 2.40. The molecule has 0 aliphatic heterocycles. The van der Waals surface area contributed by atoms with Crippen LogP contribution in [0, 0.1) is 0 Å². The maximum absolute atomic E-state index is 12.7. The lowest BCUT2D eigenvalue weighted by molar-refractivity contribution is 0.0946. The van der Waals surface area contributed by atoms with Crippen LogP contribution in [0.5, 0.6) is 0 Å². The fraction of sp³-hybridized carbons (Fsp3) is 0.240. The number of carbonyl (C=O) groups excluding carboxylic acids is 1. The molecule has 1 amide bonds. The minimum Gasteiger partial charge on any atom is -0.373 e. The van der Waals surface area contributed by atoms with Gasteiger partial charge in [0.25, 0.3) is 5.91 Å². The molecular formula is C25H27ClN6O. The van der Waals surface area contributed by atoms with Gasteiger partial charge in [-0.3, -0.25) is 9.78 Å². The maximum atomic E-state index is 12.7. The van der Waals surface area contributed by atoms with Gasteiger partial charge < -0.3 is 15.6 Å². The van der Waals surface area contributed by atoms with Crippen molar-refractivity contribution in [2.24, 2.45) is 0 Å². The standard InChI is InChI=1S/C25H27ClN6O/c1-25(2,3)32-23(27-4)21(17-6-5-7-19(26)12-17)22(31-32)18-13-20(29-15-18)24(33)30-14-16-8-10-28-11-9-16/h5-13,15,27,29H,14H2,1-4H3,(H,30,33). The molecule has 3 heterocycles. The van der Waals surface area contributed by atoms with Gasteiger partial charge in [0.15, 0.2) is 0 Å². The number of aromatic nitrogens is 4.